The monoisotopic (exact) mass is 614 g/mol. The van der Waals surface area contributed by atoms with E-state index >= 15 is 0 Å². The van der Waals surface area contributed by atoms with Crippen molar-refractivity contribution in [2.75, 3.05) is 52.4 Å². The van der Waals surface area contributed by atoms with Crippen LogP contribution in [-0.4, -0.2) is 96.5 Å². The summed E-state index contributed by atoms with van der Waals surface area (Å²) in [4.78, 5) is 41.4. The third-order valence-corrected chi connectivity index (χ3v) is 8.84. The second-order valence-electron chi connectivity index (χ2n) is 14.7. The van der Waals surface area contributed by atoms with Gasteiger partial charge < -0.3 is 34.2 Å². The zero-order valence-electron chi connectivity index (χ0n) is 27.7. The lowest BCUT2D eigenvalue weighted by molar-refractivity contribution is -0.0178. The normalized spacial score (nSPS) is 20.5. The molecule has 3 amide bonds. The van der Waals surface area contributed by atoms with Crippen molar-refractivity contribution < 1.29 is 28.6 Å². The molecule has 4 aliphatic heterocycles. The molecule has 0 aromatic heterocycles. The van der Waals surface area contributed by atoms with E-state index in [-0.39, 0.29) is 23.9 Å². The number of ether oxygens (including phenoxy) is 3. The number of rotatable bonds is 4. The molecule has 4 aliphatic rings. The minimum atomic E-state index is -0.451. The molecule has 1 aromatic rings. The Bertz CT molecular complexity index is 1080. The van der Waals surface area contributed by atoms with Crippen LogP contribution in [0.25, 0.3) is 0 Å². The number of hydrogen-bond acceptors (Lipinski definition) is 7. The van der Waals surface area contributed by atoms with E-state index in [9.17, 15) is 14.4 Å². The summed E-state index contributed by atoms with van der Waals surface area (Å²) in [6.45, 7) is 18.7. The first-order chi connectivity index (χ1) is 20.8. The average Bonchev–Trinajstić information content (AvgIpc) is 2.90. The highest BCUT2D eigenvalue weighted by Crippen LogP contribution is 2.33. The minimum absolute atomic E-state index is 0.150. The first-order valence-electron chi connectivity index (χ1n) is 16.4. The van der Waals surface area contributed by atoms with Crippen LogP contribution < -0.4 is 5.32 Å². The van der Waals surface area contributed by atoms with Crippen LogP contribution in [0.2, 0.25) is 0 Å². The number of nitrogens with one attached hydrogen (secondary N) is 1. The van der Waals surface area contributed by atoms with Crippen LogP contribution in [-0.2, 0) is 20.8 Å². The van der Waals surface area contributed by atoms with Gasteiger partial charge in [0.2, 0.25) is 0 Å². The predicted molar refractivity (Wildman–Crippen MR) is 169 cm³/mol. The summed E-state index contributed by atoms with van der Waals surface area (Å²) in [6.07, 6.45) is 3.84. The Labute approximate surface area is 263 Å². The standard InChI is InChI=1S/C21H30N2O4.C13H24N2O2/c1-21(2,3)27-20(25)23-13-18(14-23)17-9-11-22(12-10-17)19(24)26-15-16-7-5-4-6-8-16;1-13(2,3)17-12(16)15-8-11(9-15)10-4-6-14-7-5-10/h4-8,17-18H,9-15H2,1-3H3;10-11,14H,4-9H2,1-3H3. The third-order valence-electron chi connectivity index (χ3n) is 8.84. The Kier molecular flexibility index (Phi) is 11.4. The highest BCUT2D eigenvalue weighted by Gasteiger charge is 2.40. The van der Waals surface area contributed by atoms with E-state index in [0.717, 1.165) is 76.7 Å². The van der Waals surface area contributed by atoms with Gasteiger partial charge in [0.15, 0.2) is 0 Å². The van der Waals surface area contributed by atoms with E-state index in [4.69, 9.17) is 14.2 Å². The van der Waals surface area contributed by atoms with Crippen LogP contribution in [0.3, 0.4) is 0 Å². The van der Waals surface area contributed by atoms with E-state index in [0.29, 0.717) is 24.4 Å². The average molecular weight is 615 g/mol. The molecule has 4 heterocycles. The van der Waals surface area contributed by atoms with Gasteiger partial charge in [0.25, 0.3) is 0 Å². The van der Waals surface area contributed by atoms with Crippen LogP contribution in [0.1, 0.15) is 72.8 Å². The lowest BCUT2D eigenvalue weighted by atomic mass is 9.80. The molecule has 0 saturated carbocycles. The molecule has 4 fully saturated rings. The number of hydrogen-bond donors (Lipinski definition) is 1. The molecule has 4 saturated heterocycles. The number of piperidine rings is 2. The number of carbonyl (C=O) groups is 3. The van der Waals surface area contributed by atoms with Crippen LogP contribution in [0.15, 0.2) is 30.3 Å². The van der Waals surface area contributed by atoms with E-state index in [1.54, 1.807) is 9.80 Å². The van der Waals surface area contributed by atoms with Crippen molar-refractivity contribution in [1.29, 1.82) is 0 Å². The van der Waals surface area contributed by atoms with E-state index in [1.165, 1.54) is 12.8 Å². The maximum atomic E-state index is 12.2. The first-order valence-corrected chi connectivity index (χ1v) is 16.4. The number of likely N-dealkylation sites (tertiary alicyclic amines) is 3. The Morgan fingerprint density at radius 1 is 0.659 bits per heavy atom. The molecular formula is C34H54N4O6. The predicted octanol–water partition coefficient (Wildman–Crippen LogP) is 5.76. The van der Waals surface area contributed by atoms with Crippen molar-refractivity contribution in [1.82, 2.24) is 20.0 Å². The number of nitrogens with zero attached hydrogens (tertiary/aromatic N) is 3. The molecule has 10 nitrogen and oxygen atoms in total. The van der Waals surface area contributed by atoms with Gasteiger partial charge in [0.1, 0.15) is 17.8 Å². The van der Waals surface area contributed by atoms with Gasteiger partial charge in [-0.05, 0) is 110 Å². The molecule has 0 radical (unpaired) electrons. The van der Waals surface area contributed by atoms with Crippen LogP contribution in [0, 0.1) is 23.7 Å². The Balaban J connectivity index is 0.000000223. The molecule has 246 valence electrons. The Hall–Kier alpha value is -3.01. The Morgan fingerprint density at radius 2 is 1.11 bits per heavy atom. The van der Waals surface area contributed by atoms with E-state index < -0.39 is 5.60 Å². The summed E-state index contributed by atoms with van der Waals surface area (Å²) < 4.78 is 16.2. The number of carbonyl (C=O) groups excluding carboxylic acids is 3. The zero-order valence-corrected chi connectivity index (χ0v) is 27.7. The van der Waals surface area contributed by atoms with Gasteiger partial charge in [-0.15, -0.1) is 0 Å². The molecule has 0 aliphatic carbocycles. The minimum Gasteiger partial charge on any atom is -0.445 e. The highest BCUT2D eigenvalue weighted by molar-refractivity contribution is 5.69. The fraction of sp³-hybridized carbons (Fsp3) is 0.735. The molecule has 10 heteroatoms. The van der Waals surface area contributed by atoms with Gasteiger partial charge in [-0.25, -0.2) is 14.4 Å². The van der Waals surface area contributed by atoms with Crippen LogP contribution >= 0.6 is 0 Å². The molecule has 0 bridgehead atoms. The van der Waals surface area contributed by atoms with Gasteiger partial charge in [-0.2, -0.15) is 0 Å². The van der Waals surface area contributed by atoms with Crippen molar-refractivity contribution in [3.63, 3.8) is 0 Å². The number of amides is 3. The third kappa shape index (κ3) is 10.3. The summed E-state index contributed by atoms with van der Waals surface area (Å²) in [5.74, 6) is 2.57. The second-order valence-corrected chi connectivity index (χ2v) is 14.7. The van der Waals surface area contributed by atoms with E-state index in [2.05, 4.69) is 5.32 Å². The highest BCUT2D eigenvalue weighted by atomic mass is 16.6. The van der Waals surface area contributed by atoms with Crippen molar-refractivity contribution in [3.05, 3.63) is 35.9 Å². The summed E-state index contributed by atoms with van der Waals surface area (Å²) >= 11 is 0. The molecule has 0 atom stereocenters. The quantitative estimate of drug-likeness (QED) is 0.431. The summed E-state index contributed by atoms with van der Waals surface area (Å²) in [5, 5.41) is 3.38. The molecule has 44 heavy (non-hydrogen) atoms. The van der Waals surface area contributed by atoms with Crippen LogP contribution in [0.4, 0.5) is 14.4 Å². The lowest BCUT2D eigenvalue weighted by Crippen LogP contribution is -2.55. The molecule has 0 spiro atoms. The Morgan fingerprint density at radius 3 is 1.57 bits per heavy atom. The molecule has 1 N–H and O–H groups in total. The van der Waals surface area contributed by atoms with Gasteiger partial charge in [0.05, 0.1) is 0 Å². The zero-order chi connectivity index (χ0) is 31.9. The maximum Gasteiger partial charge on any atom is 0.410 e. The maximum absolute atomic E-state index is 12.2. The smallest absolute Gasteiger partial charge is 0.410 e. The van der Waals surface area contributed by atoms with Crippen molar-refractivity contribution in [3.8, 4) is 0 Å². The van der Waals surface area contributed by atoms with E-state index in [1.807, 2.05) is 76.8 Å². The topological polar surface area (TPSA) is 101 Å². The van der Waals surface area contributed by atoms with Crippen molar-refractivity contribution in [2.24, 2.45) is 23.7 Å². The van der Waals surface area contributed by atoms with Gasteiger partial charge in [0, 0.05) is 39.3 Å². The first kappa shape index (κ1) is 33.9. The summed E-state index contributed by atoms with van der Waals surface area (Å²) in [6, 6.07) is 9.72. The van der Waals surface area contributed by atoms with Crippen molar-refractivity contribution in [2.45, 2.75) is 85.0 Å². The van der Waals surface area contributed by atoms with Crippen molar-refractivity contribution >= 4 is 18.3 Å². The van der Waals surface area contributed by atoms with Gasteiger partial charge in [-0.1, -0.05) is 30.3 Å². The largest absolute Gasteiger partial charge is 0.445 e. The second kappa shape index (κ2) is 14.8. The summed E-state index contributed by atoms with van der Waals surface area (Å²) in [7, 11) is 0. The van der Waals surface area contributed by atoms with Gasteiger partial charge in [-0.3, -0.25) is 0 Å². The molecule has 1 aromatic carbocycles. The fourth-order valence-corrected chi connectivity index (χ4v) is 6.25. The lowest BCUT2D eigenvalue weighted by Gasteiger charge is -2.45. The van der Waals surface area contributed by atoms with Gasteiger partial charge >= 0.3 is 18.3 Å². The summed E-state index contributed by atoms with van der Waals surface area (Å²) in [5.41, 5.74) is 0.169. The molecule has 0 unspecified atom stereocenters. The molecular weight excluding hydrogens is 560 g/mol. The van der Waals surface area contributed by atoms with Crippen LogP contribution in [0.5, 0.6) is 0 Å². The number of benzene rings is 1. The molecule has 5 rings (SSSR count). The fourth-order valence-electron chi connectivity index (χ4n) is 6.25. The SMILES string of the molecule is CC(C)(C)OC(=O)N1CC(C2CCN(C(=O)OCc3ccccc3)CC2)C1.CC(C)(C)OC(=O)N1CC(C2CCNCC2)C1.